The number of sulfonamides is 1. The SMILES string of the molecule is COc1ccc(OC)c(S(=O)(=O)Nc2ccccc2OCc2cscn2)c1. The predicted molar refractivity (Wildman–Crippen MR) is 103 cm³/mol. The average Bonchev–Trinajstić information content (AvgIpc) is 3.20. The fraction of sp³-hybridized carbons (Fsp3) is 0.167. The highest BCUT2D eigenvalue weighted by molar-refractivity contribution is 7.92. The minimum absolute atomic E-state index is 0.0290. The second-order valence-electron chi connectivity index (χ2n) is 5.39. The van der Waals surface area contributed by atoms with Crippen molar-refractivity contribution in [1.82, 2.24) is 4.98 Å². The number of anilines is 1. The summed E-state index contributed by atoms with van der Waals surface area (Å²) in [6, 6.07) is 11.4. The van der Waals surface area contributed by atoms with Gasteiger partial charge in [-0.2, -0.15) is 0 Å². The molecule has 0 atom stereocenters. The average molecular weight is 406 g/mol. The monoisotopic (exact) mass is 406 g/mol. The normalized spacial score (nSPS) is 11.0. The third kappa shape index (κ3) is 4.50. The number of hydrogen-bond acceptors (Lipinski definition) is 7. The molecule has 0 aliphatic heterocycles. The number of nitrogens with one attached hydrogen (secondary N) is 1. The van der Waals surface area contributed by atoms with Gasteiger partial charge in [-0.1, -0.05) is 12.1 Å². The van der Waals surface area contributed by atoms with Crippen molar-refractivity contribution in [2.45, 2.75) is 11.5 Å². The van der Waals surface area contributed by atoms with E-state index >= 15 is 0 Å². The van der Waals surface area contributed by atoms with Crippen molar-refractivity contribution in [3.05, 3.63) is 59.0 Å². The van der Waals surface area contributed by atoms with Crippen molar-refractivity contribution >= 4 is 27.0 Å². The van der Waals surface area contributed by atoms with Crippen molar-refractivity contribution in [2.75, 3.05) is 18.9 Å². The van der Waals surface area contributed by atoms with E-state index in [9.17, 15) is 8.42 Å². The van der Waals surface area contributed by atoms with Crippen molar-refractivity contribution in [2.24, 2.45) is 0 Å². The number of benzene rings is 2. The van der Waals surface area contributed by atoms with Gasteiger partial charge in [0.25, 0.3) is 10.0 Å². The fourth-order valence-electron chi connectivity index (χ4n) is 2.33. The number of methoxy groups -OCH3 is 2. The molecule has 142 valence electrons. The van der Waals surface area contributed by atoms with E-state index in [1.165, 1.54) is 37.7 Å². The van der Waals surface area contributed by atoms with Crippen LogP contribution in [-0.4, -0.2) is 27.6 Å². The Bertz CT molecular complexity index is 1000. The fourth-order valence-corrected chi connectivity index (χ4v) is 4.13. The number of nitrogens with zero attached hydrogens (tertiary/aromatic N) is 1. The standard InChI is InChI=1S/C18H18N2O5S2/c1-23-14-7-8-17(24-2)18(9-14)27(21,22)20-15-5-3-4-6-16(15)25-10-13-11-26-12-19-13/h3-9,11-12,20H,10H2,1-2H3. The molecular weight excluding hydrogens is 388 g/mol. The smallest absolute Gasteiger partial charge is 0.265 e. The molecule has 1 heterocycles. The molecule has 7 nitrogen and oxygen atoms in total. The molecule has 0 bridgehead atoms. The Hall–Kier alpha value is -2.78. The molecule has 27 heavy (non-hydrogen) atoms. The summed E-state index contributed by atoms with van der Waals surface area (Å²) in [4.78, 5) is 4.12. The quantitative estimate of drug-likeness (QED) is 0.616. The van der Waals surface area contributed by atoms with Gasteiger partial charge in [0.1, 0.15) is 28.8 Å². The Morgan fingerprint density at radius 1 is 1.07 bits per heavy atom. The molecule has 2 aromatic carbocycles. The second-order valence-corrected chi connectivity index (χ2v) is 7.76. The van der Waals surface area contributed by atoms with Crippen LogP contribution in [0.5, 0.6) is 17.2 Å². The van der Waals surface area contributed by atoms with Crippen LogP contribution in [0.3, 0.4) is 0 Å². The van der Waals surface area contributed by atoms with Gasteiger partial charge in [0.05, 0.1) is 31.1 Å². The number of ether oxygens (including phenoxy) is 3. The van der Waals surface area contributed by atoms with Crippen molar-refractivity contribution in [3.63, 3.8) is 0 Å². The second kappa shape index (κ2) is 8.28. The lowest BCUT2D eigenvalue weighted by molar-refractivity contribution is 0.304. The third-order valence-corrected chi connectivity index (χ3v) is 5.67. The molecule has 0 amide bonds. The van der Waals surface area contributed by atoms with Gasteiger partial charge in [0.15, 0.2) is 0 Å². The van der Waals surface area contributed by atoms with Gasteiger partial charge in [0.2, 0.25) is 0 Å². The van der Waals surface area contributed by atoms with E-state index in [4.69, 9.17) is 14.2 Å². The molecule has 0 spiro atoms. The van der Waals surface area contributed by atoms with Gasteiger partial charge < -0.3 is 14.2 Å². The molecule has 0 saturated heterocycles. The van der Waals surface area contributed by atoms with E-state index in [0.29, 0.717) is 17.2 Å². The number of aromatic nitrogens is 1. The van der Waals surface area contributed by atoms with Crippen molar-refractivity contribution in [1.29, 1.82) is 0 Å². The van der Waals surface area contributed by atoms with Crippen molar-refractivity contribution in [3.8, 4) is 17.2 Å². The minimum Gasteiger partial charge on any atom is -0.497 e. The highest BCUT2D eigenvalue weighted by Gasteiger charge is 2.22. The third-order valence-electron chi connectivity index (χ3n) is 3.65. The molecule has 1 N–H and O–H groups in total. The maximum Gasteiger partial charge on any atom is 0.265 e. The highest BCUT2D eigenvalue weighted by atomic mass is 32.2. The van der Waals surface area contributed by atoms with Gasteiger partial charge in [-0.3, -0.25) is 4.72 Å². The maximum absolute atomic E-state index is 12.9. The summed E-state index contributed by atoms with van der Waals surface area (Å²) in [6.07, 6.45) is 0. The molecule has 0 aliphatic rings. The Kier molecular flexibility index (Phi) is 5.82. The first kappa shape index (κ1) is 19.0. The summed E-state index contributed by atoms with van der Waals surface area (Å²) in [7, 11) is -1.06. The Balaban J connectivity index is 1.88. The highest BCUT2D eigenvalue weighted by Crippen LogP contribution is 2.32. The molecule has 0 aliphatic carbocycles. The van der Waals surface area contributed by atoms with E-state index in [-0.39, 0.29) is 17.3 Å². The van der Waals surface area contributed by atoms with E-state index < -0.39 is 10.0 Å². The number of hydrogen-bond donors (Lipinski definition) is 1. The summed E-state index contributed by atoms with van der Waals surface area (Å²) < 4.78 is 44.4. The van der Waals surface area contributed by atoms with Gasteiger partial charge in [-0.05, 0) is 24.3 Å². The Morgan fingerprint density at radius 3 is 2.59 bits per heavy atom. The zero-order valence-electron chi connectivity index (χ0n) is 14.7. The van der Waals surface area contributed by atoms with E-state index in [1.807, 2.05) is 5.38 Å². The van der Waals surface area contributed by atoms with Gasteiger partial charge in [0, 0.05) is 11.4 Å². The number of para-hydroxylation sites is 2. The van der Waals surface area contributed by atoms with Gasteiger partial charge in [-0.25, -0.2) is 13.4 Å². The van der Waals surface area contributed by atoms with Crippen LogP contribution in [0.15, 0.2) is 58.3 Å². The molecule has 9 heteroatoms. The summed E-state index contributed by atoms with van der Waals surface area (Å²) in [5, 5.41) is 1.87. The predicted octanol–water partition coefficient (Wildman–Crippen LogP) is 3.54. The van der Waals surface area contributed by atoms with Gasteiger partial charge >= 0.3 is 0 Å². The zero-order valence-corrected chi connectivity index (χ0v) is 16.3. The van der Waals surface area contributed by atoms with E-state index in [0.717, 1.165) is 5.69 Å². The van der Waals surface area contributed by atoms with Gasteiger partial charge in [-0.15, -0.1) is 11.3 Å². The first-order chi connectivity index (χ1) is 13.0. The lowest BCUT2D eigenvalue weighted by Gasteiger charge is -2.15. The van der Waals surface area contributed by atoms with Crippen LogP contribution in [0, 0.1) is 0 Å². The maximum atomic E-state index is 12.9. The Labute approximate surface area is 161 Å². The Morgan fingerprint density at radius 2 is 1.89 bits per heavy atom. The lowest BCUT2D eigenvalue weighted by atomic mass is 10.3. The van der Waals surface area contributed by atoms with Crippen LogP contribution in [-0.2, 0) is 16.6 Å². The van der Waals surface area contributed by atoms with Crippen LogP contribution in [0.2, 0.25) is 0 Å². The van der Waals surface area contributed by atoms with Crippen molar-refractivity contribution < 1.29 is 22.6 Å². The minimum atomic E-state index is -3.93. The van der Waals surface area contributed by atoms with Crippen LogP contribution >= 0.6 is 11.3 Å². The molecule has 0 unspecified atom stereocenters. The molecular formula is C18H18N2O5S2. The summed E-state index contributed by atoms with van der Waals surface area (Å²) in [6.45, 7) is 0.241. The molecule has 0 fully saturated rings. The topological polar surface area (TPSA) is 86.8 Å². The van der Waals surface area contributed by atoms with Crippen LogP contribution in [0.4, 0.5) is 5.69 Å². The number of thiazole rings is 1. The lowest BCUT2D eigenvalue weighted by Crippen LogP contribution is -2.15. The first-order valence-corrected chi connectivity index (χ1v) is 10.3. The molecule has 1 aromatic heterocycles. The van der Waals surface area contributed by atoms with E-state index in [1.54, 1.807) is 35.8 Å². The largest absolute Gasteiger partial charge is 0.497 e. The van der Waals surface area contributed by atoms with Crippen LogP contribution in [0.1, 0.15) is 5.69 Å². The molecule has 3 rings (SSSR count). The van der Waals surface area contributed by atoms with E-state index in [2.05, 4.69) is 9.71 Å². The summed E-state index contributed by atoms with van der Waals surface area (Å²) >= 11 is 1.47. The van der Waals surface area contributed by atoms with Crippen LogP contribution in [0.25, 0.3) is 0 Å². The van der Waals surface area contributed by atoms with Crippen LogP contribution < -0.4 is 18.9 Å². The molecule has 3 aromatic rings. The molecule has 0 saturated carbocycles. The number of rotatable bonds is 8. The first-order valence-electron chi connectivity index (χ1n) is 7.87. The summed E-state index contributed by atoms with van der Waals surface area (Å²) in [5.41, 5.74) is 2.80. The molecule has 0 radical (unpaired) electrons. The summed E-state index contributed by atoms with van der Waals surface area (Å²) in [5.74, 6) is 1.02. The zero-order chi connectivity index (χ0) is 19.3.